The van der Waals surface area contributed by atoms with Crippen LogP contribution in [0.4, 0.5) is 0 Å². The molecule has 0 aliphatic carbocycles. The zero-order chi connectivity index (χ0) is 18.5. The molecule has 2 heterocycles. The second kappa shape index (κ2) is 8.21. The van der Waals surface area contributed by atoms with Crippen molar-refractivity contribution in [2.45, 2.75) is 12.5 Å². The van der Waals surface area contributed by atoms with Crippen LogP contribution in [0, 0.1) is 11.3 Å². The van der Waals surface area contributed by atoms with E-state index in [0.29, 0.717) is 35.3 Å². The largest absolute Gasteiger partial charge is 0.482 e. The molecule has 1 unspecified atom stereocenters. The van der Waals surface area contributed by atoms with Gasteiger partial charge < -0.3 is 14.4 Å². The molecule has 26 heavy (non-hydrogen) atoms. The van der Waals surface area contributed by atoms with Gasteiger partial charge in [0.05, 0.1) is 11.6 Å². The second-order valence-electron chi connectivity index (χ2n) is 5.55. The normalized spacial score (nSPS) is 16.2. The van der Waals surface area contributed by atoms with Gasteiger partial charge in [0.2, 0.25) is 5.69 Å². The van der Waals surface area contributed by atoms with E-state index < -0.39 is 0 Å². The van der Waals surface area contributed by atoms with Crippen molar-refractivity contribution in [3.8, 4) is 17.7 Å². The molecule has 3 rings (SSSR count). The van der Waals surface area contributed by atoms with Crippen LogP contribution in [0.2, 0.25) is 10.0 Å². The lowest BCUT2D eigenvalue weighted by atomic mass is 10.3. The molecule has 1 aromatic carbocycles. The standard InChI is InChI=1S/C17H14Cl2N4O3/c18-11-1-2-15(13(19)7-11)25-10-16(24)23-6-3-12(9-23)26-17-14(8-20)21-4-5-22-17/h1-2,4-5,7,12H,3,6,9-10H2. The fraction of sp³-hybridized carbons (Fsp3) is 0.294. The lowest BCUT2D eigenvalue weighted by Crippen LogP contribution is -2.34. The van der Waals surface area contributed by atoms with E-state index >= 15 is 0 Å². The van der Waals surface area contributed by atoms with Gasteiger partial charge in [-0.15, -0.1) is 0 Å². The highest BCUT2D eigenvalue weighted by atomic mass is 35.5. The Kier molecular flexibility index (Phi) is 5.76. The number of nitriles is 1. The number of hydrogen-bond donors (Lipinski definition) is 0. The number of halogens is 2. The molecule has 2 aromatic rings. The molecule has 0 radical (unpaired) electrons. The topological polar surface area (TPSA) is 88.3 Å². The Balaban J connectivity index is 1.53. The molecule has 1 fully saturated rings. The summed E-state index contributed by atoms with van der Waals surface area (Å²) in [4.78, 5) is 21.9. The first kappa shape index (κ1) is 18.2. The van der Waals surface area contributed by atoms with E-state index in [1.54, 1.807) is 23.1 Å². The van der Waals surface area contributed by atoms with Crippen molar-refractivity contribution < 1.29 is 14.3 Å². The number of rotatable bonds is 5. The first-order chi connectivity index (χ1) is 12.6. The molecule has 1 aliphatic rings. The Morgan fingerprint density at radius 2 is 2.15 bits per heavy atom. The Labute approximate surface area is 160 Å². The highest BCUT2D eigenvalue weighted by molar-refractivity contribution is 6.35. The average Bonchev–Trinajstić information content (AvgIpc) is 3.10. The minimum absolute atomic E-state index is 0.123. The van der Waals surface area contributed by atoms with Crippen molar-refractivity contribution in [2.24, 2.45) is 0 Å². The molecule has 9 heteroatoms. The maximum absolute atomic E-state index is 12.3. The van der Waals surface area contributed by atoms with Crippen LogP contribution in [0.3, 0.4) is 0 Å². The van der Waals surface area contributed by atoms with Crippen LogP contribution in [-0.2, 0) is 4.79 Å². The van der Waals surface area contributed by atoms with E-state index in [0.717, 1.165) is 0 Å². The number of benzene rings is 1. The van der Waals surface area contributed by atoms with Crippen molar-refractivity contribution >= 4 is 29.1 Å². The molecule has 134 valence electrons. The van der Waals surface area contributed by atoms with Gasteiger partial charge in [0.1, 0.15) is 17.9 Å². The predicted octanol–water partition coefficient (Wildman–Crippen LogP) is 2.71. The Hall–Kier alpha value is -2.56. The predicted molar refractivity (Wildman–Crippen MR) is 94.3 cm³/mol. The van der Waals surface area contributed by atoms with E-state index in [9.17, 15) is 4.79 Å². The fourth-order valence-corrected chi connectivity index (χ4v) is 2.98. The monoisotopic (exact) mass is 392 g/mol. The molecule has 1 aliphatic heterocycles. The summed E-state index contributed by atoms with van der Waals surface area (Å²) in [6.45, 7) is 0.782. The van der Waals surface area contributed by atoms with Gasteiger partial charge in [-0.25, -0.2) is 9.97 Å². The maximum atomic E-state index is 12.3. The van der Waals surface area contributed by atoms with Gasteiger partial charge >= 0.3 is 0 Å². The smallest absolute Gasteiger partial charge is 0.260 e. The Morgan fingerprint density at radius 3 is 2.92 bits per heavy atom. The van der Waals surface area contributed by atoms with Crippen molar-refractivity contribution in [1.29, 1.82) is 5.26 Å². The van der Waals surface area contributed by atoms with Crippen molar-refractivity contribution in [3.63, 3.8) is 0 Å². The van der Waals surface area contributed by atoms with Crippen LogP contribution in [-0.4, -0.2) is 46.6 Å². The molecule has 0 bridgehead atoms. The SMILES string of the molecule is N#Cc1nccnc1OC1CCN(C(=O)COc2ccc(Cl)cc2Cl)C1. The summed E-state index contributed by atoms with van der Waals surface area (Å²) in [6.07, 6.45) is 3.27. The lowest BCUT2D eigenvalue weighted by Gasteiger charge is -2.17. The van der Waals surface area contributed by atoms with E-state index in [2.05, 4.69) is 9.97 Å². The molecule has 0 saturated carbocycles. The molecule has 1 aromatic heterocycles. The van der Waals surface area contributed by atoms with Crippen LogP contribution >= 0.6 is 23.2 Å². The fourth-order valence-electron chi connectivity index (χ4n) is 2.52. The Morgan fingerprint density at radius 1 is 1.35 bits per heavy atom. The third-order valence-electron chi connectivity index (χ3n) is 3.79. The first-order valence-corrected chi connectivity index (χ1v) is 8.56. The summed E-state index contributed by atoms with van der Waals surface area (Å²) in [6, 6.07) is 6.74. The summed E-state index contributed by atoms with van der Waals surface area (Å²) >= 11 is 11.8. The molecular formula is C17H14Cl2N4O3. The average molecular weight is 393 g/mol. The van der Waals surface area contributed by atoms with Crippen LogP contribution in [0.15, 0.2) is 30.6 Å². The quantitative estimate of drug-likeness (QED) is 0.776. The van der Waals surface area contributed by atoms with Gasteiger partial charge in [0.15, 0.2) is 6.61 Å². The van der Waals surface area contributed by atoms with E-state index in [1.165, 1.54) is 12.4 Å². The van der Waals surface area contributed by atoms with Crippen LogP contribution in [0.25, 0.3) is 0 Å². The number of likely N-dealkylation sites (tertiary alicyclic amines) is 1. The molecule has 1 atom stereocenters. The Bertz CT molecular complexity index is 856. The van der Waals surface area contributed by atoms with Crippen molar-refractivity contribution in [1.82, 2.24) is 14.9 Å². The van der Waals surface area contributed by atoms with Gasteiger partial charge in [-0.1, -0.05) is 23.2 Å². The third-order valence-corrected chi connectivity index (χ3v) is 4.32. The van der Waals surface area contributed by atoms with Gasteiger partial charge in [0.25, 0.3) is 11.8 Å². The van der Waals surface area contributed by atoms with Gasteiger partial charge in [-0.05, 0) is 18.2 Å². The minimum atomic E-state index is -0.248. The molecule has 7 nitrogen and oxygen atoms in total. The zero-order valence-electron chi connectivity index (χ0n) is 13.6. The van der Waals surface area contributed by atoms with E-state index in [-0.39, 0.29) is 30.2 Å². The van der Waals surface area contributed by atoms with Crippen molar-refractivity contribution in [3.05, 3.63) is 46.3 Å². The van der Waals surface area contributed by atoms with Crippen LogP contribution in [0.1, 0.15) is 12.1 Å². The van der Waals surface area contributed by atoms with Gasteiger partial charge in [-0.3, -0.25) is 4.79 Å². The summed E-state index contributed by atoms with van der Waals surface area (Å²) in [5.74, 6) is 0.398. The number of amides is 1. The number of carbonyl (C=O) groups excluding carboxylic acids is 1. The summed E-state index contributed by atoms with van der Waals surface area (Å²) in [5.41, 5.74) is 0.123. The third kappa shape index (κ3) is 4.34. The summed E-state index contributed by atoms with van der Waals surface area (Å²) in [5, 5.41) is 9.86. The van der Waals surface area contributed by atoms with Crippen LogP contribution < -0.4 is 9.47 Å². The van der Waals surface area contributed by atoms with Gasteiger partial charge in [0, 0.05) is 30.4 Å². The number of carbonyl (C=O) groups is 1. The first-order valence-electron chi connectivity index (χ1n) is 7.80. The number of nitrogens with zero attached hydrogens (tertiary/aromatic N) is 4. The number of hydrogen-bond acceptors (Lipinski definition) is 6. The molecule has 0 N–H and O–H groups in total. The number of aromatic nitrogens is 2. The van der Waals surface area contributed by atoms with E-state index in [1.807, 2.05) is 6.07 Å². The molecular weight excluding hydrogens is 379 g/mol. The molecule has 1 saturated heterocycles. The zero-order valence-corrected chi connectivity index (χ0v) is 15.1. The summed E-state index contributed by atoms with van der Waals surface area (Å²) in [7, 11) is 0. The maximum Gasteiger partial charge on any atom is 0.260 e. The number of ether oxygens (including phenoxy) is 2. The highest BCUT2D eigenvalue weighted by Gasteiger charge is 2.29. The second-order valence-corrected chi connectivity index (χ2v) is 6.40. The lowest BCUT2D eigenvalue weighted by molar-refractivity contribution is -0.132. The summed E-state index contributed by atoms with van der Waals surface area (Å²) < 4.78 is 11.2. The molecule has 1 amide bonds. The van der Waals surface area contributed by atoms with Crippen molar-refractivity contribution in [2.75, 3.05) is 19.7 Å². The minimum Gasteiger partial charge on any atom is -0.482 e. The van der Waals surface area contributed by atoms with Gasteiger partial charge in [-0.2, -0.15) is 5.26 Å². The van der Waals surface area contributed by atoms with Crippen LogP contribution in [0.5, 0.6) is 11.6 Å². The molecule has 0 spiro atoms. The van der Waals surface area contributed by atoms with E-state index in [4.69, 9.17) is 37.9 Å². The highest BCUT2D eigenvalue weighted by Crippen LogP contribution is 2.27.